The van der Waals surface area contributed by atoms with Crippen LogP contribution < -0.4 is 11.1 Å². The van der Waals surface area contributed by atoms with Gasteiger partial charge in [-0.05, 0) is 36.8 Å². The molecule has 0 saturated heterocycles. The molecule has 5 heteroatoms. The first-order chi connectivity index (χ1) is 9.10. The molecule has 0 aliphatic carbocycles. The summed E-state index contributed by atoms with van der Waals surface area (Å²) in [6.45, 7) is 1.91. The molecule has 0 fully saturated rings. The van der Waals surface area contributed by atoms with Gasteiger partial charge in [0, 0.05) is 6.20 Å². The van der Waals surface area contributed by atoms with Crippen molar-refractivity contribution in [1.29, 1.82) is 5.26 Å². The third-order valence-electron chi connectivity index (χ3n) is 2.58. The van der Waals surface area contributed by atoms with Gasteiger partial charge in [-0.3, -0.25) is 4.79 Å². The minimum Gasteiger partial charge on any atom is -0.397 e. The quantitative estimate of drug-likeness (QED) is 0.800. The van der Waals surface area contributed by atoms with Crippen LogP contribution in [0.5, 0.6) is 0 Å². The zero-order chi connectivity index (χ0) is 13.8. The molecule has 0 saturated carbocycles. The van der Waals surface area contributed by atoms with Crippen molar-refractivity contribution in [3.8, 4) is 6.07 Å². The molecule has 3 N–H and O–H groups in total. The standard InChI is InChI=1S/C14H12N4O/c1-9-2-4-11(16)13(6-9)18-14(19)12-5-3-10(7-15)8-17-12/h2-6,8H,16H2,1H3,(H,18,19). The van der Waals surface area contributed by atoms with E-state index < -0.39 is 0 Å². The number of rotatable bonds is 2. The van der Waals surface area contributed by atoms with Crippen LogP contribution in [0.1, 0.15) is 21.6 Å². The number of carbonyl (C=O) groups is 1. The molecule has 0 aliphatic heterocycles. The van der Waals surface area contributed by atoms with Crippen LogP contribution in [0.25, 0.3) is 0 Å². The minimum atomic E-state index is -0.359. The van der Waals surface area contributed by atoms with Gasteiger partial charge in [0.15, 0.2) is 0 Å². The van der Waals surface area contributed by atoms with Gasteiger partial charge < -0.3 is 11.1 Å². The van der Waals surface area contributed by atoms with Gasteiger partial charge in [-0.15, -0.1) is 0 Å². The first kappa shape index (κ1) is 12.6. The van der Waals surface area contributed by atoms with Crippen molar-refractivity contribution in [2.24, 2.45) is 0 Å². The Hall–Kier alpha value is -2.87. The average molecular weight is 252 g/mol. The fourth-order valence-corrected chi connectivity index (χ4v) is 1.56. The van der Waals surface area contributed by atoms with Gasteiger partial charge >= 0.3 is 0 Å². The number of nitrogens with one attached hydrogen (secondary N) is 1. The fourth-order valence-electron chi connectivity index (χ4n) is 1.56. The number of aryl methyl sites for hydroxylation is 1. The number of nitrogens with zero attached hydrogens (tertiary/aromatic N) is 2. The minimum absolute atomic E-state index is 0.236. The summed E-state index contributed by atoms with van der Waals surface area (Å²) in [5.41, 5.74) is 8.47. The van der Waals surface area contributed by atoms with Crippen LogP contribution in [0.4, 0.5) is 11.4 Å². The number of nitrogens with two attached hydrogens (primary N) is 1. The maximum atomic E-state index is 12.0. The van der Waals surface area contributed by atoms with Crippen LogP contribution in [0.2, 0.25) is 0 Å². The van der Waals surface area contributed by atoms with Crippen LogP contribution >= 0.6 is 0 Å². The number of anilines is 2. The third kappa shape index (κ3) is 2.87. The van der Waals surface area contributed by atoms with Gasteiger partial charge in [-0.2, -0.15) is 5.26 Å². The highest BCUT2D eigenvalue weighted by molar-refractivity contribution is 6.04. The van der Waals surface area contributed by atoms with Crippen molar-refractivity contribution in [1.82, 2.24) is 4.98 Å². The Labute approximate surface area is 110 Å². The number of carbonyl (C=O) groups excluding carboxylic acids is 1. The lowest BCUT2D eigenvalue weighted by Gasteiger charge is -2.08. The first-order valence-corrected chi connectivity index (χ1v) is 5.64. The summed E-state index contributed by atoms with van der Waals surface area (Å²) in [5.74, 6) is -0.359. The summed E-state index contributed by atoms with van der Waals surface area (Å²) in [4.78, 5) is 15.9. The molecule has 1 aromatic heterocycles. The van der Waals surface area contributed by atoms with Gasteiger partial charge in [0.25, 0.3) is 5.91 Å². The summed E-state index contributed by atoms with van der Waals surface area (Å²) in [7, 11) is 0. The Kier molecular flexibility index (Phi) is 3.44. The molecular formula is C14H12N4O. The van der Waals surface area contributed by atoms with Gasteiger partial charge in [0.1, 0.15) is 11.8 Å². The molecule has 0 unspecified atom stereocenters. The summed E-state index contributed by atoms with van der Waals surface area (Å²) >= 11 is 0. The van der Waals surface area contributed by atoms with Crippen molar-refractivity contribution in [2.45, 2.75) is 6.92 Å². The normalized spacial score (nSPS) is 9.68. The number of amides is 1. The van der Waals surface area contributed by atoms with Crippen LogP contribution in [0.3, 0.4) is 0 Å². The SMILES string of the molecule is Cc1ccc(N)c(NC(=O)c2ccc(C#N)cn2)c1. The monoisotopic (exact) mass is 252 g/mol. The second kappa shape index (κ2) is 5.19. The maximum absolute atomic E-state index is 12.0. The Morgan fingerprint density at radius 1 is 1.37 bits per heavy atom. The predicted molar refractivity (Wildman–Crippen MR) is 72.5 cm³/mol. The number of pyridine rings is 1. The molecule has 1 heterocycles. The van der Waals surface area contributed by atoms with Gasteiger partial charge in [-0.25, -0.2) is 4.98 Å². The van der Waals surface area contributed by atoms with E-state index >= 15 is 0 Å². The highest BCUT2D eigenvalue weighted by atomic mass is 16.1. The molecule has 19 heavy (non-hydrogen) atoms. The van der Waals surface area contributed by atoms with Crippen molar-refractivity contribution < 1.29 is 4.79 Å². The third-order valence-corrected chi connectivity index (χ3v) is 2.58. The lowest BCUT2D eigenvalue weighted by molar-refractivity contribution is 0.102. The zero-order valence-corrected chi connectivity index (χ0v) is 10.3. The van der Waals surface area contributed by atoms with E-state index in [0.29, 0.717) is 16.9 Å². The zero-order valence-electron chi connectivity index (χ0n) is 10.3. The summed E-state index contributed by atoms with van der Waals surface area (Å²) in [6, 6.07) is 10.4. The maximum Gasteiger partial charge on any atom is 0.274 e. The topological polar surface area (TPSA) is 91.8 Å². The van der Waals surface area contributed by atoms with E-state index in [1.165, 1.54) is 12.3 Å². The summed E-state index contributed by atoms with van der Waals surface area (Å²) < 4.78 is 0. The van der Waals surface area contributed by atoms with E-state index in [2.05, 4.69) is 10.3 Å². The molecule has 2 aromatic rings. The molecule has 0 spiro atoms. The largest absolute Gasteiger partial charge is 0.397 e. The number of benzene rings is 1. The molecule has 0 atom stereocenters. The molecule has 2 rings (SSSR count). The highest BCUT2D eigenvalue weighted by Gasteiger charge is 2.09. The van der Waals surface area contributed by atoms with Gasteiger partial charge in [0.05, 0.1) is 16.9 Å². The van der Waals surface area contributed by atoms with Crippen molar-refractivity contribution in [3.63, 3.8) is 0 Å². The Morgan fingerprint density at radius 3 is 2.79 bits per heavy atom. The molecule has 1 amide bonds. The number of hydrogen-bond donors (Lipinski definition) is 2. The molecule has 0 aliphatic rings. The van der Waals surface area contributed by atoms with E-state index in [-0.39, 0.29) is 11.6 Å². The second-order valence-corrected chi connectivity index (χ2v) is 4.09. The van der Waals surface area contributed by atoms with Crippen LogP contribution in [-0.2, 0) is 0 Å². The van der Waals surface area contributed by atoms with E-state index in [0.717, 1.165) is 5.56 Å². The lowest BCUT2D eigenvalue weighted by Crippen LogP contribution is -2.14. The molecule has 94 valence electrons. The van der Waals surface area contributed by atoms with Crippen LogP contribution in [0.15, 0.2) is 36.5 Å². The van der Waals surface area contributed by atoms with Gasteiger partial charge in [-0.1, -0.05) is 6.07 Å². The predicted octanol–water partition coefficient (Wildman–Crippen LogP) is 2.10. The Balaban J connectivity index is 2.21. The van der Waals surface area contributed by atoms with E-state index in [9.17, 15) is 4.79 Å². The fraction of sp³-hybridized carbons (Fsp3) is 0.0714. The molecule has 0 bridgehead atoms. The second-order valence-electron chi connectivity index (χ2n) is 4.09. The smallest absolute Gasteiger partial charge is 0.274 e. The van der Waals surface area contributed by atoms with Gasteiger partial charge in [0.2, 0.25) is 0 Å². The summed E-state index contributed by atoms with van der Waals surface area (Å²) in [6.07, 6.45) is 1.36. The van der Waals surface area contributed by atoms with Crippen molar-refractivity contribution in [3.05, 3.63) is 53.3 Å². The van der Waals surface area contributed by atoms with Crippen LogP contribution in [-0.4, -0.2) is 10.9 Å². The molecule has 5 nitrogen and oxygen atoms in total. The Bertz CT molecular complexity index is 656. The van der Waals surface area contributed by atoms with E-state index in [4.69, 9.17) is 11.0 Å². The Morgan fingerprint density at radius 2 is 2.16 bits per heavy atom. The van der Waals surface area contributed by atoms with E-state index in [1.807, 2.05) is 19.1 Å². The summed E-state index contributed by atoms with van der Waals surface area (Å²) in [5, 5.41) is 11.4. The van der Waals surface area contributed by atoms with Crippen LogP contribution in [0, 0.1) is 18.3 Å². The highest BCUT2D eigenvalue weighted by Crippen LogP contribution is 2.20. The van der Waals surface area contributed by atoms with Crippen molar-refractivity contribution in [2.75, 3.05) is 11.1 Å². The number of nitrogen functional groups attached to an aromatic ring is 1. The van der Waals surface area contributed by atoms with E-state index in [1.54, 1.807) is 18.2 Å². The number of nitriles is 1. The molecule has 1 aromatic carbocycles. The number of aromatic nitrogens is 1. The molecular weight excluding hydrogens is 240 g/mol. The molecule has 0 radical (unpaired) electrons. The number of hydrogen-bond acceptors (Lipinski definition) is 4. The lowest BCUT2D eigenvalue weighted by atomic mass is 10.2. The average Bonchev–Trinajstić information content (AvgIpc) is 2.43. The first-order valence-electron chi connectivity index (χ1n) is 5.64. The van der Waals surface area contributed by atoms with Crippen molar-refractivity contribution >= 4 is 17.3 Å².